The zero-order valence-corrected chi connectivity index (χ0v) is 9.95. The Hall–Kier alpha value is -1.02. The van der Waals surface area contributed by atoms with Gasteiger partial charge in [0.05, 0.1) is 0 Å². The van der Waals surface area contributed by atoms with Gasteiger partial charge < -0.3 is 5.73 Å². The average molecular weight is 216 g/mol. The van der Waals surface area contributed by atoms with Crippen molar-refractivity contribution in [3.05, 3.63) is 29.3 Å². The van der Waals surface area contributed by atoms with E-state index in [4.69, 9.17) is 5.73 Å². The number of nitrogens with zero attached hydrogens (tertiary/aromatic N) is 1. The zero-order valence-electron chi connectivity index (χ0n) is 9.95. The fourth-order valence-electron chi connectivity index (χ4n) is 3.34. The quantitative estimate of drug-likeness (QED) is 0.770. The van der Waals surface area contributed by atoms with E-state index >= 15 is 0 Å². The van der Waals surface area contributed by atoms with Crippen LogP contribution >= 0.6 is 0 Å². The number of hydrogen-bond acceptors (Lipinski definition) is 2. The Labute approximate surface area is 97.4 Å². The highest BCUT2D eigenvalue weighted by atomic mass is 15.2. The Balaban J connectivity index is 1.81. The maximum absolute atomic E-state index is 5.87. The molecule has 0 unspecified atom stereocenters. The van der Waals surface area contributed by atoms with Gasteiger partial charge in [0, 0.05) is 24.3 Å². The molecule has 16 heavy (non-hydrogen) atoms. The number of fused-ring (bicyclic) bond motifs is 2. The van der Waals surface area contributed by atoms with E-state index in [-0.39, 0.29) is 0 Å². The maximum Gasteiger partial charge on any atom is 0.0317 e. The summed E-state index contributed by atoms with van der Waals surface area (Å²) in [6.45, 7) is 3.29. The first-order chi connectivity index (χ1) is 7.74. The Bertz CT molecular complexity index is 380. The predicted molar refractivity (Wildman–Crippen MR) is 67.2 cm³/mol. The predicted octanol–water partition coefficient (Wildman–Crippen LogP) is 2.70. The fourth-order valence-corrected chi connectivity index (χ4v) is 3.34. The third-order valence-electron chi connectivity index (χ3n) is 4.33. The Kier molecular flexibility index (Phi) is 2.40. The van der Waals surface area contributed by atoms with E-state index in [2.05, 4.69) is 24.0 Å². The van der Waals surface area contributed by atoms with Gasteiger partial charge in [0.25, 0.3) is 0 Å². The van der Waals surface area contributed by atoms with E-state index in [0.717, 1.165) is 24.3 Å². The summed E-state index contributed by atoms with van der Waals surface area (Å²) >= 11 is 0. The molecular formula is C14H20N2. The molecule has 0 atom stereocenters. The van der Waals surface area contributed by atoms with Gasteiger partial charge in [-0.3, -0.25) is 4.90 Å². The Morgan fingerprint density at radius 1 is 1.19 bits per heavy atom. The normalized spacial score (nSPS) is 28.8. The molecule has 0 aromatic heterocycles. The van der Waals surface area contributed by atoms with Crippen LogP contribution in [0.25, 0.3) is 0 Å². The van der Waals surface area contributed by atoms with Crippen molar-refractivity contribution in [2.75, 3.05) is 5.73 Å². The molecule has 2 aliphatic heterocycles. The summed E-state index contributed by atoms with van der Waals surface area (Å²) < 4.78 is 0. The molecule has 0 saturated carbocycles. The number of nitrogen functional groups attached to an aromatic ring is 1. The SMILES string of the molecule is Cc1ccc(N)cc1CN1C2CCC1CC2. The molecule has 0 aliphatic carbocycles. The van der Waals surface area contributed by atoms with Crippen LogP contribution < -0.4 is 5.73 Å². The third-order valence-corrected chi connectivity index (χ3v) is 4.33. The summed E-state index contributed by atoms with van der Waals surface area (Å²) in [7, 11) is 0. The zero-order chi connectivity index (χ0) is 11.1. The van der Waals surface area contributed by atoms with Crippen LogP contribution in [0.15, 0.2) is 18.2 Å². The van der Waals surface area contributed by atoms with E-state index in [1.165, 1.54) is 36.8 Å². The highest BCUT2D eigenvalue weighted by Crippen LogP contribution is 2.38. The Morgan fingerprint density at radius 2 is 1.81 bits per heavy atom. The molecule has 2 saturated heterocycles. The first kappa shape index (κ1) is 10.2. The second-order valence-electron chi connectivity index (χ2n) is 5.32. The summed E-state index contributed by atoms with van der Waals surface area (Å²) in [5.74, 6) is 0. The lowest BCUT2D eigenvalue weighted by molar-refractivity contribution is 0.243. The van der Waals surface area contributed by atoms with Crippen molar-refractivity contribution in [3.63, 3.8) is 0 Å². The fraction of sp³-hybridized carbons (Fsp3) is 0.571. The van der Waals surface area contributed by atoms with Crippen molar-refractivity contribution in [1.29, 1.82) is 0 Å². The van der Waals surface area contributed by atoms with Crippen LogP contribution in [-0.4, -0.2) is 17.0 Å². The Morgan fingerprint density at radius 3 is 2.44 bits per heavy atom. The lowest BCUT2D eigenvalue weighted by atomic mass is 10.0. The van der Waals surface area contributed by atoms with Gasteiger partial charge in [-0.05, 0) is 55.9 Å². The third kappa shape index (κ3) is 1.61. The summed E-state index contributed by atoms with van der Waals surface area (Å²) in [5, 5.41) is 0. The van der Waals surface area contributed by atoms with E-state index in [1.54, 1.807) is 0 Å². The number of aryl methyl sites for hydroxylation is 1. The van der Waals surface area contributed by atoms with Gasteiger partial charge in [0.15, 0.2) is 0 Å². The number of benzene rings is 1. The van der Waals surface area contributed by atoms with Crippen LogP contribution in [0.5, 0.6) is 0 Å². The van der Waals surface area contributed by atoms with Crippen molar-refractivity contribution in [2.24, 2.45) is 0 Å². The molecule has 1 aromatic rings. The van der Waals surface area contributed by atoms with E-state index < -0.39 is 0 Å². The summed E-state index contributed by atoms with van der Waals surface area (Å²) in [6, 6.07) is 7.99. The van der Waals surface area contributed by atoms with Gasteiger partial charge >= 0.3 is 0 Å². The van der Waals surface area contributed by atoms with Crippen LogP contribution in [0.1, 0.15) is 36.8 Å². The van der Waals surface area contributed by atoms with Crippen LogP contribution in [0.4, 0.5) is 5.69 Å². The summed E-state index contributed by atoms with van der Waals surface area (Å²) in [5.41, 5.74) is 9.55. The molecule has 2 bridgehead atoms. The highest BCUT2D eigenvalue weighted by Gasteiger charge is 2.38. The van der Waals surface area contributed by atoms with Crippen molar-refractivity contribution in [2.45, 2.75) is 51.2 Å². The largest absolute Gasteiger partial charge is 0.399 e. The van der Waals surface area contributed by atoms with Gasteiger partial charge in [0.2, 0.25) is 0 Å². The molecule has 0 spiro atoms. The van der Waals surface area contributed by atoms with Gasteiger partial charge in [0.1, 0.15) is 0 Å². The van der Waals surface area contributed by atoms with Crippen molar-refractivity contribution >= 4 is 5.69 Å². The molecular weight excluding hydrogens is 196 g/mol. The number of rotatable bonds is 2. The summed E-state index contributed by atoms with van der Waals surface area (Å²) in [4.78, 5) is 2.70. The van der Waals surface area contributed by atoms with Crippen molar-refractivity contribution < 1.29 is 0 Å². The summed E-state index contributed by atoms with van der Waals surface area (Å²) in [6.07, 6.45) is 5.64. The standard InChI is InChI=1S/C14H20N2/c1-10-2-3-12(15)8-11(10)9-16-13-4-5-14(16)7-6-13/h2-3,8,13-14H,4-7,9,15H2,1H3. The van der Waals surface area contributed by atoms with E-state index in [1.807, 2.05) is 6.07 Å². The minimum Gasteiger partial charge on any atom is -0.399 e. The number of hydrogen-bond donors (Lipinski definition) is 1. The van der Waals surface area contributed by atoms with Gasteiger partial charge in [-0.25, -0.2) is 0 Å². The van der Waals surface area contributed by atoms with E-state index in [0.29, 0.717) is 0 Å². The second-order valence-corrected chi connectivity index (χ2v) is 5.32. The molecule has 2 heteroatoms. The van der Waals surface area contributed by atoms with E-state index in [9.17, 15) is 0 Å². The monoisotopic (exact) mass is 216 g/mol. The molecule has 2 fully saturated rings. The molecule has 1 aromatic carbocycles. The maximum atomic E-state index is 5.87. The molecule has 86 valence electrons. The topological polar surface area (TPSA) is 29.3 Å². The van der Waals surface area contributed by atoms with Crippen molar-refractivity contribution in [1.82, 2.24) is 4.90 Å². The molecule has 0 radical (unpaired) electrons. The second kappa shape index (κ2) is 3.77. The van der Waals surface area contributed by atoms with Crippen LogP contribution in [0.2, 0.25) is 0 Å². The van der Waals surface area contributed by atoms with Gasteiger partial charge in [-0.2, -0.15) is 0 Å². The lowest BCUT2D eigenvalue weighted by Gasteiger charge is -2.22. The smallest absolute Gasteiger partial charge is 0.0317 e. The first-order valence-corrected chi connectivity index (χ1v) is 6.35. The number of nitrogens with two attached hydrogens (primary N) is 1. The molecule has 0 amide bonds. The van der Waals surface area contributed by atoms with Gasteiger partial charge in [-0.1, -0.05) is 6.07 Å². The molecule has 2 N–H and O–H groups in total. The lowest BCUT2D eigenvalue weighted by Crippen LogP contribution is -2.28. The van der Waals surface area contributed by atoms with Crippen molar-refractivity contribution in [3.8, 4) is 0 Å². The molecule has 3 rings (SSSR count). The minimum atomic E-state index is 0.853. The number of anilines is 1. The average Bonchev–Trinajstić information content (AvgIpc) is 2.83. The molecule has 2 nitrogen and oxygen atoms in total. The molecule has 2 aliphatic rings. The van der Waals surface area contributed by atoms with Crippen LogP contribution in [0.3, 0.4) is 0 Å². The highest BCUT2D eigenvalue weighted by molar-refractivity contribution is 5.44. The molecule has 2 heterocycles. The minimum absolute atomic E-state index is 0.853. The van der Waals surface area contributed by atoms with Gasteiger partial charge in [-0.15, -0.1) is 0 Å². The van der Waals surface area contributed by atoms with Crippen LogP contribution in [0, 0.1) is 6.92 Å². The van der Waals surface area contributed by atoms with Crippen LogP contribution in [-0.2, 0) is 6.54 Å². The first-order valence-electron chi connectivity index (χ1n) is 6.35.